The van der Waals surface area contributed by atoms with Gasteiger partial charge < -0.3 is 20.5 Å². The van der Waals surface area contributed by atoms with Crippen LogP contribution in [0.15, 0.2) is 53.4 Å². The number of hydrogen-bond acceptors (Lipinski definition) is 5. The number of aliphatic carboxylic acids is 1. The molecule has 0 bridgehead atoms. The summed E-state index contributed by atoms with van der Waals surface area (Å²) in [4.78, 5) is 37.6. The van der Waals surface area contributed by atoms with Crippen molar-refractivity contribution in [2.75, 3.05) is 17.7 Å². The lowest BCUT2D eigenvalue weighted by Crippen LogP contribution is -2.34. The maximum atomic E-state index is 12.7. The van der Waals surface area contributed by atoms with E-state index in [0.717, 1.165) is 10.5 Å². The van der Waals surface area contributed by atoms with Gasteiger partial charge in [-0.2, -0.15) is 0 Å². The summed E-state index contributed by atoms with van der Waals surface area (Å²) in [6.07, 6.45) is 4.40. The van der Waals surface area contributed by atoms with Crippen LogP contribution < -0.4 is 15.4 Å². The molecule has 34 heavy (non-hydrogen) atoms. The van der Waals surface area contributed by atoms with Crippen LogP contribution in [-0.2, 0) is 14.4 Å². The van der Waals surface area contributed by atoms with Crippen molar-refractivity contribution >= 4 is 52.5 Å². The third-order valence-corrected chi connectivity index (χ3v) is 7.15. The van der Waals surface area contributed by atoms with Gasteiger partial charge in [0.25, 0.3) is 0 Å². The maximum absolute atomic E-state index is 12.7. The van der Waals surface area contributed by atoms with Crippen LogP contribution in [-0.4, -0.2) is 35.2 Å². The van der Waals surface area contributed by atoms with Crippen LogP contribution in [0.4, 0.5) is 11.4 Å². The summed E-state index contributed by atoms with van der Waals surface area (Å²) in [5, 5.41) is 15.2. The number of aryl methyl sites for hydroxylation is 1. The maximum Gasteiger partial charge on any atom is 0.307 e. The van der Waals surface area contributed by atoms with Gasteiger partial charge in [0.15, 0.2) is 0 Å². The standard InChI is InChI=1S/C25H27ClN2O5S/c1-14-12-21(22(33-3)13-20(14)26)28-23(29)15(2)34-17-10-8-16(9-11-17)27-24(30)18-6-4-5-7-19(18)25(31)32/h4-5,8-13,15,18-19H,6-7H2,1-3H3,(H,27,30)(H,28,29)(H,31,32). The normalized spacial score (nSPS) is 18.1. The lowest BCUT2D eigenvalue weighted by atomic mass is 9.82. The molecule has 1 aliphatic rings. The zero-order valence-electron chi connectivity index (χ0n) is 19.1. The highest BCUT2D eigenvalue weighted by atomic mass is 35.5. The Hall–Kier alpha value is -2.97. The molecule has 3 rings (SSSR count). The Kier molecular flexibility index (Phi) is 8.63. The Labute approximate surface area is 207 Å². The smallest absolute Gasteiger partial charge is 0.307 e. The van der Waals surface area contributed by atoms with Crippen LogP contribution in [0, 0.1) is 18.8 Å². The predicted octanol–water partition coefficient (Wildman–Crippen LogP) is 5.38. The molecule has 0 aromatic heterocycles. The van der Waals surface area contributed by atoms with Gasteiger partial charge in [-0.05, 0) is 62.6 Å². The quantitative estimate of drug-likeness (QED) is 0.330. The molecule has 0 spiro atoms. The topological polar surface area (TPSA) is 105 Å². The van der Waals surface area contributed by atoms with Gasteiger partial charge in [-0.1, -0.05) is 23.8 Å². The number of thioether (sulfide) groups is 1. The van der Waals surface area contributed by atoms with Gasteiger partial charge in [-0.15, -0.1) is 11.8 Å². The van der Waals surface area contributed by atoms with E-state index in [1.165, 1.54) is 18.9 Å². The van der Waals surface area contributed by atoms with E-state index in [9.17, 15) is 19.5 Å². The van der Waals surface area contributed by atoms with Crippen molar-refractivity contribution in [3.63, 3.8) is 0 Å². The molecule has 0 fully saturated rings. The van der Waals surface area contributed by atoms with Crippen LogP contribution in [0.5, 0.6) is 5.75 Å². The molecule has 2 aromatic rings. The van der Waals surface area contributed by atoms with Crippen LogP contribution in [0.1, 0.15) is 25.3 Å². The second-order valence-corrected chi connectivity index (χ2v) is 9.88. The minimum Gasteiger partial charge on any atom is -0.495 e. The molecule has 0 saturated carbocycles. The Bertz CT molecular complexity index is 1100. The number of allylic oxidation sites excluding steroid dienone is 2. The van der Waals surface area contributed by atoms with Crippen LogP contribution in [0.25, 0.3) is 0 Å². The summed E-state index contributed by atoms with van der Waals surface area (Å²) >= 11 is 7.50. The fourth-order valence-corrected chi connectivity index (χ4v) is 4.67. The number of rotatable bonds is 8. The number of hydrogen-bond donors (Lipinski definition) is 3. The monoisotopic (exact) mass is 502 g/mol. The molecular weight excluding hydrogens is 476 g/mol. The highest BCUT2D eigenvalue weighted by Gasteiger charge is 2.33. The number of carbonyl (C=O) groups is 3. The van der Waals surface area contributed by atoms with Gasteiger partial charge in [0.2, 0.25) is 11.8 Å². The summed E-state index contributed by atoms with van der Waals surface area (Å²) in [5.74, 6) is -2.30. The molecule has 3 unspecified atom stereocenters. The lowest BCUT2D eigenvalue weighted by molar-refractivity contribution is -0.146. The number of benzene rings is 2. The number of carboxylic acid groups (broad SMARTS) is 1. The highest BCUT2D eigenvalue weighted by Crippen LogP contribution is 2.33. The first-order valence-corrected chi connectivity index (χ1v) is 12.1. The van der Waals surface area contributed by atoms with Crippen molar-refractivity contribution in [2.45, 2.75) is 36.8 Å². The Morgan fingerprint density at radius 3 is 2.35 bits per heavy atom. The van der Waals surface area contributed by atoms with Gasteiger partial charge in [0.1, 0.15) is 5.75 Å². The van der Waals surface area contributed by atoms with E-state index in [-0.39, 0.29) is 11.8 Å². The molecule has 2 amide bonds. The lowest BCUT2D eigenvalue weighted by Gasteiger charge is -2.24. The molecule has 180 valence electrons. The average molecular weight is 503 g/mol. The van der Waals surface area contributed by atoms with Gasteiger partial charge in [-0.25, -0.2) is 0 Å². The second kappa shape index (κ2) is 11.4. The van der Waals surface area contributed by atoms with Gasteiger partial charge in [0.05, 0.1) is 29.9 Å². The minimum absolute atomic E-state index is 0.188. The van der Waals surface area contributed by atoms with E-state index in [4.69, 9.17) is 16.3 Å². The average Bonchev–Trinajstić information content (AvgIpc) is 2.82. The largest absolute Gasteiger partial charge is 0.495 e. The molecule has 9 heteroatoms. The third kappa shape index (κ3) is 6.33. The van der Waals surface area contributed by atoms with Crippen molar-refractivity contribution in [1.29, 1.82) is 0 Å². The van der Waals surface area contributed by atoms with E-state index in [1.807, 2.05) is 25.1 Å². The Morgan fingerprint density at radius 1 is 1.09 bits per heavy atom. The third-order valence-electron chi connectivity index (χ3n) is 5.63. The van der Waals surface area contributed by atoms with Crippen molar-refractivity contribution in [3.05, 3.63) is 59.1 Å². The molecule has 0 aliphatic heterocycles. The summed E-state index contributed by atoms with van der Waals surface area (Å²) < 4.78 is 5.31. The first kappa shape index (κ1) is 25.6. The molecule has 1 aliphatic carbocycles. The van der Waals surface area contributed by atoms with E-state index in [2.05, 4.69) is 10.6 Å². The fraction of sp³-hybridized carbons (Fsp3) is 0.320. The molecule has 7 nitrogen and oxygen atoms in total. The Morgan fingerprint density at radius 2 is 1.74 bits per heavy atom. The van der Waals surface area contributed by atoms with Crippen LogP contribution >= 0.6 is 23.4 Å². The number of halogens is 1. The number of methoxy groups -OCH3 is 1. The van der Waals surface area contributed by atoms with Crippen LogP contribution in [0.2, 0.25) is 5.02 Å². The molecule has 0 heterocycles. The number of nitrogens with one attached hydrogen (secondary N) is 2. The van der Waals surface area contributed by atoms with Crippen molar-refractivity contribution in [2.24, 2.45) is 11.8 Å². The zero-order chi connectivity index (χ0) is 24.8. The first-order valence-electron chi connectivity index (χ1n) is 10.8. The highest BCUT2D eigenvalue weighted by molar-refractivity contribution is 8.00. The summed E-state index contributed by atoms with van der Waals surface area (Å²) in [5.41, 5.74) is 1.96. The van der Waals surface area contributed by atoms with Gasteiger partial charge in [0, 0.05) is 21.7 Å². The van der Waals surface area contributed by atoms with Gasteiger partial charge >= 0.3 is 5.97 Å². The number of anilines is 2. The predicted molar refractivity (Wildman–Crippen MR) is 135 cm³/mol. The van der Waals surface area contributed by atoms with Crippen molar-refractivity contribution in [3.8, 4) is 5.75 Å². The number of amides is 2. The van der Waals surface area contributed by atoms with E-state index in [1.54, 1.807) is 37.3 Å². The zero-order valence-corrected chi connectivity index (χ0v) is 20.7. The molecule has 3 N–H and O–H groups in total. The SMILES string of the molecule is COc1cc(Cl)c(C)cc1NC(=O)C(C)Sc1ccc(NC(=O)C2CC=CCC2C(=O)O)cc1. The number of carbonyl (C=O) groups excluding carboxylic acids is 2. The van der Waals surface area contributed by atoms with E-state index < -0.39 is 23.1 Å². The second-order valence-electron chi connectivity index (χ2n) is 8.06. The number of ether oxygens (including phenoxy) is 1. The molecular formula is C25H27ClN2O5S. The Balaban J connectivity index is 1.59. The molecule has 2 aromatic carbocycles. The fourth-order valence-electron chi connectivity index (χ4n) is 3.65. The molecule has 3 atom stereocenters. The summed E-state index contributed by atoms with van der Waals surface area (Å²) in [7, 11) is 1.52. The van der Waals surface area contributed by atoms with E-state index >= 15 is 0 Å². The molecule has 0 saturated heterocycles. The summed E-state index contributed by atoms with van der Waals surface area (Å²) in [6, 6.07) is 10.5. The summed E-state index contributed by atoms with van der Waals surface area (Å²) in [6.45, 7) is 3.65. The van der Waals surface area contributed by atoms with Crippen LogP contribution in [0.3, 0.4) is 0 Å². The van der Waals surface area contributed by atoms with Gasteiger partial charge in [-0.3, -0.25) is 14.4 Å². The number of carboxylic acids is 1. The first-order chi connectivity index (χ1) is 16.2. The van der Waals surface area contributed by atoms with Crippen molar-refractivity contribution in [1.82, 2.24) is 0 Å². The minimum atomic E-state index is -0.963. The molecule has 0 radical (unpaired) electrons. The van der Waals surface area contributed by atoms with E-state index in [0.29, 0.717) is 35.0 Å². The van der Waals surface area contributed by atoms with Crippen molar-refractivity contribution < 1.29 is 24.2 Å².